The van der Waals surface area contributed by atoms with Crippen molar-refractivity contribution in [3.05, 3.63) is 88.9 Å². The van der Waals surface area contributed by atoms with Crippen molar-refractivity contribution < 1.29 is 27.4 Å². The summed E-state index contributed by atoms with van der Waals surface area (Å²) < 4.78 is 54.4. The lowest BCUT2D eigenvalue weighted by atomic mass is 10.1. The maximum atomic E-state index is 14.2. The van der Waals surface area contributed by atoms with Crippen LogP contribution in [-0.4, -0.2) is 32.2 Å². The van der Waals surface area contributed by atoms with E-state index in [-0.39, 0.29) is 24.6 Å². The Labute approximate surface area is 239 Å². The van der Waals surface area contributed by atoms with E-state index in [0.717, 1.165) is 32.5 Å². The van der Waals surface area contributed by atoms with Gasteiger partial charge in [-0.15, -0.1) is 35.1 Å². The third-order valence-electron chi connectivity index (χ3n) is 5.79. The van der Waals surface area contributed by atoms with Gasteiger partial charge in [-0.1, -0.05) is 30.3 Å². The van der Waals surface area contributed by atoms with Crippen molar-refractivity contribution in [2.45, 2.75) is 18.9 Å². The number of aliphatic hydroxyl groups excluding tert-OH is 1. The van der Waals surface area contributed by atoms with Gasteiger partial charge in [-0.05, 0) is 42.0 Å². The number of ether oxygens (including phenoxy) is 2. The van der Waals surface area contributed by atoms with Gasteiger partial charge in [0.2, 0.25) is 10.0 Å². The van der Waals surface area contributed by atoms with Crippen LogP contribution < -0.4 is 19.5 Å². The first-order chi connectivity index (χ1) is 18.1. The molecular formula is C27H26ClFN2O5S3. The molecule has 3 N–H and O–H groups in total. The topological polar surface area (TPSA) is 96.9 Å². The summed E-state index contributed by atoms with van der Waals surface area (Å²) in [6, 6.07) is 19.5. The minimum absolute atomic E-state index is 0. The summed E-state index contributed by atoms with van der Waals surface area (Å²) in [7, 11) is -3.70. The lowest BCUT2D eigenvalue weighted by Gasteiger charge is -2.32. The number of fused-ring (bicyclic) bond motifs is 2. The van der Waals surface area contributed by atoms with Crippen molar-refractivity contribution >= 4 is 71.0 Å². The second kappa shape index (κ2) is 11.7. The second-order valence-electron chi connectivity index (χ2n) is 8.85. The molecule has 39 heavy (non-hydrogen) atoms. The van der Waals surface area contributed by atoms with Gasteiger partial charge in [0.1, 0.15) is 17.3 Å². The van der Waals surface area contributed by atoms with Crippen LogP contribution in [0.15, 0.2) is 77.5 Å². The number of halogens is 2. The molecule has 5 aromatic rings. The molecule has 0 spiro atoms. The van der Waals surface area contributed by atoms with Crippen molar-refractivity contribution in [3.63, 3.8) is 0 Å². The number of nitrogens with one attached hydrogen (secondary N) is 2. The molecule has 12 heteroatoms. The van der Waals surface area contributed by atoms with Crippen LogP contribution in [0.5, 0.6) is 11.5 Å². The number of hydrogen-bond acceptors (Lipinski definition) is 8. The SMILES string of the molecule is CC(NCC(O)c1ccc(F)c(NS(C)(=O)=O)c1)(Oc1csc2ccccc12)Oc1csc2ccccc12.Cl. The first-order valence-electron chi connectivity index (χ1n) is 11.6. The smallest absolute Gasteiger partial charge is 0.310 e. The Hall–Kier alpha value is -2.93. The molecule has 0 saturated carbocycles. The summed E-state index contributed by atoms with van der Waals surface area (Å²) in [5.41, 5.74) is 0.0724. The van der Waals surface area contributed by atoms with Crippen LogP contribution in [0.2, 0.25) is 0 Å². The zero-order valence-corrected chi connectivity index (χ0v) is 24.1. The zero-order valence-electron chi connectivity index (χ0n) is 20.9. The van der Waals surface area contributed by atoms with E-state index in [1.807, 2.05) is 59.3 Å². The summed E-state index contributed by atoms with van der Waals surface area (Å²) in [6.45, 7) is 1.69. The molecular weight excluding hydrogens is 583 g/mol. The highest BCUT2D eigenvalue weighted by Crippen LogP contribution is 2.37. The third-order valence-corrected chi connectivity index (χ3v) is 8.26. The van der Waals surface area contributed by atoms with Gasteiger partial charge in [-0.2, -0.15) is 0 Å². The predicted octanol–water partition coefficient (Wildman–Crippen LogP) is 6.50. The van der Waals surface area contributed by atoms with Gasteiger partial charge >= 0.3 is 5.91 Å². The van der Waals surface area contributed by atoms with Crippen LogP contribution in [0.3, 0.4) is 0 Å². The van der Waals surface area contributed by atoms with Crippen molar-refractivity contribution in [1.82, 2.24) is 5.32 Å². The summed E-state index contributed by atoms with van der Waals surface area (Å²) in [6.07, 6.45) is -0.194. The summed E-state index contributed by atoms with van der Waals surface area (Å²) in [5, 5.41) is 19.8. The largest absolute Gasteiger partial charge is 0.438 e. The Morgan fingerprint density at radius 3 is 2.03 bits per heavy atom. The lowest BCUT2D eigenvalue weighted by Crippen LogP contribution is -2.53. The fourth-order valence-corrected chi connectivity index (χ4v) is 6.29. The normalized spacial score (nSPS) is 12.7. The molecule has 1 unspecified atom stereocenters. The van der Waals surface area contributed by atoms with E-state index in [4.69, 9.17) is 9.47 Å². The first kappa shape index (κ1) is 29.1. The molecule has 5 rings (SSSR count). The molecule has 0 bridgehead atoms. The number of sulfonamides is 1. The molecule has 7 nitrogen and oxygen atoms in total. The summed E-state index contributed by atoms with van der Waals surface area (Å²) in [5.74, 6) is -0.903. The molecule has 0 radical (unpaired) electrons. The minimum Gasteiger partial charge on any atom is -0.438 e. The first-order valence-corrected chi connectivity index (χ1v) is 15.3. The summed E-state index contributed by atoms with van der Waals surface area (Å²) in [4.78, 5) is 0. The van der Waals surface area contributed by atoms with Crippen LogP contribution in [0.25, 0.3) is 20.2 Å². The van der Waals surface area contributed by atoms with E-state index in [0.29, 0.717) is 17.1 Å². The molecule has 0 aliphatic rings. The fourth-order valence-electron chi connectivity index (χ4n) is 4.01. The molecule has 2 aromatic heterocycles. The van der Waals surface area contributed by atoms with Gasteiger partial charge < -0.3 is 14.6 Å². The Morgan fingerprint density at radius 2 is 1.49 bits per heavy atom. The molecule has 0 fully saturated rings. The Kier molecular flexibility index (Phi) is 8.69. The zero-order chi connectivity index (χ0) is 26.9. The highest BCUT2D eigenvalue weighted by molar-refractivity contribution is 7.92. The average Bonchev–Trinajstić information content (AvgIpc) is 3.47. The number of benzene rings is 3. The molecule has 0 aliphatic heterocycles. The maximum Gasteiger partial charge on any atom is 0.310 e. The second-order valence-corrected chi connectivity index (χ2v) is 12.4. The molecule has 1 atom stereocenters. The monoisotopic (exact) mass is 608 g/mol. The Morgan fingerprint density at radius 1 is 0.949 bits per heavy atom. The Balaban J connectivity index is 0.00000353. The van der Waals surface area contributed by atoms with Gasteiger partial charge in [0.05, 0.1) is 18.0 Å². The number of hydrogen-bond donors (Lipinski definition) is 3. The van der Waals surface area contributed by atoms with E-state index < -0.39 is 27.9 Å². The highest BCUT2D eigenvalue weighted by atomic mass is 35.5. The quantitative estimate of drug-likeness (QED) is 0.157. The van der Waals surface area contributed by atoms with E-state index in [2.05, 4.69) is 10.0 Å². The van der Waals surface area contributed by atoms with Crippen LogP contribution in [-0.2, 0) is 10.0 Å². The van der Waals surface area contributed by atoms with Crippen molar-refractivity contribution in [3.8, 4) is 11.5 Å². The minimum atomic E-state index is -3.70. The van der Waals surface area contributed by atoms with E-state index in [1.54, 1.807) is 29.6 Å². The number of anilines is 1. The molecule has 2 heterocycles. The number of aliphatic hydroxyl groups is 1. The molecule has 0 aliphatic carbocycles. The number of thiophene rings is 2. The highest BCUT2D eigenvalue weighted by Gasteiger charge is 2.32. The molecule has 206 valence electrons. The van der Waals surface area contributed by atoms with E-state index in [9.17, 15) is 17.9 Å². The van der Waals surface area contributed by atoms with Crippen LogP contribution in [0.1, 0.15) is 18.6 Å². The van der Waals surface area contributed by atoms with E-state index >= 15 is 0 Å². The van der Waals surface area contributed by atoms with Gasteiger partial charge in [0.25, 0.3) is 0 Å². The average molecular weight is 609 g/mol. The molecule has 3 aromatic carbocycles. The Bertz CT molecular complexity index is 1630. The van der Waals surface area contributed by atoms with Crippen molar-refractivity contribution in [1.29, 1.82) is 0 Å². The molecule has 0 amide bonds. The van der Waals surface area contributed by atoms with Crippen molar-refractivity contribution in [2.24, 2.45) is 0 Å². The third kappa shape index (κ3) is 6.81. The molecule has 0 saturated heterocycles. The van der Waals surface area contributed by atoms with Gasteiger partial charge in [0.15, 0.2) is 0 Å². The van der Waals surface area contributed by atoms with Gasteiger partial charge in [-0.25, -0.2) is 18.1 Å². The van der Waals surface area contributed by atoms with Crippen molar-refractivity contribution in [2.75, 3.05) is 17.5 Å². The van der Waals surface area contributed by atoms with Gasteiger partial charge in [-0.3, -0.25) is 4.72 Å². The predicted molar refractivity (Wildman–Crippen MR) is 158 cm³/mol. The number of rotatable bonds is 10. The van der Waals surface area contributed by atoms with Gasteiger partial charge in [0, 0.05) is 44.4 Å². The van der Waals surface area contributed by atoms with Crippen LogP contribution in [0, 0.1) is 5.82 Å². The standard InChI is InChI=1S/C27H25FN2O5S3.ClH/c1-27(34-23-15-36-25-9-5-3-7-18(23)25,35-24-16-37-26-10-6-4-8-19(24)26)29-14-22(31)17-11-12-20(28)21(13-17)30-38(2,32)33;/h3-13,15-16,22,29-31H,14H2,1-2H3;1H. The maximum absolute atomic E-state index is 14.2. The lowest BCUT2D eigenvalue weighted by molar-refractivity contribution is -0.127. The fraction of sp³-hybridized carbons (Fsp3) is 0.185. The van der Waals surface area contributed by atoms with Crippen LogP contribution >= 0.6 is 35.1 Å². The van der Waals surface area contributed by atoms with E-state index in [1.165, 1.54) is 12.1 Å². The van der Waals surface area contributed by atoms with Crippen LogP contribution in [0.4, 0.5) is 10.1 Å². The summed E-state index contributed by atoms with van der Waals surface area (Å²) >= 11 is 3.09.